The molecule has 6 heteroatoms. The summed E-state index contributed by atoms with van der Waals surface area (Å²) in [5, 5.41) is 7.24. The molecule has 24 heavy (non-hydrogen) atoms. The molecule has 1 fully saturated rings. The first-order valence-electron chi connectivity index (χ1n) is 8.38. The number of morpholine rings is 1. The van der Waals surface area contributed by atoms with E-state index in [4.69, 9.17) is 4.74 Å². The molecule has 1 aliphatic heterocycles. The summed E-state index contributed by atoms with van der Waals surface area (Å²) in [5.41, 5.74) is 3.59. The molecule has 0 saturated carbocycles. The molecular weight excluding hydrogens is 309 g/mol. The van der Waals surface area contributed by atoms with Gasteiger partial charge in [-0.25, -0.2) is 4.39 Å². The highest BCUT2D eigenvalue weighted by molar-refractivity contribution is 5.94. The predicted molar refractivity (Wildman–Crippen MR) is 86.2 cm³/mol. The average Bonchev–Trinajstić information content (AvgIpc) is 3.17. The predicted octanol–water partition coefficient (Wildman–Crippen LogP) is 2.64. The van der Waals surface area contributed by atoms with Gasteiger partial charge >= 0.3 is 0 Å². The Morgan fingerprint density at radius 1 is 1.29 bits per heavy atom. The zero-order chi connectivity index (χ0) is 16.7. The van der Waals surface area contributed by atoms with E-state index >= 15 is 0 Å². The van der Waals surface area contributed by atoms with E-state index < -0.39 is 0 Å². The second-order valence-corrected chi connectivity index (χ2v) is 6.58. The van der Waals surface area contributed by atoms with Crippen LogP contribution >= 0.6 is 0 Å². The minimum atomic E-state index is -0.275. The lowest BCUT2D eigenvalue weighted by Gasteiger charge is -2.36. The van der Waals surface area contributed by atoms with Crippen molar-refractivity contribution in [1.29, 1.82) is 0 Å². The second kappa shape index (κ2) is 6.02. The lowest BCUT2D eigenvalue weighted by Crippen LogP contribution is -2.46. The van der Waals surface area contributed by atoms with Crippen LogP contribution in [0.2, 0.25) is 0 Å². The first-order valence-corrected chi connectivity index (χ1v) is 8.38. The van der Waals surface area contributed by atoms with Crippen molar-refractivity contribution >= 4 is 5.91 Å². The average molecular weight is 329 g/mol. The second-order valence-electron chi connectivity index (χ2n) is 6.58. The summed E-state index contributed by atoms with van der Waals surface area (Å²) in [4.78, 5) is 14.7. The number of hydrogen-bond donors (Lipinski definition) is 1. The molecule has 126 valence electrons. The third-order valence-electron chi connectivity index (χ3n) is 4.80. The van der Waals surface area contributed by atoms with Gasteiger partial charge in [-0.2, -0.15) is 5.10 Å². The van der Waals surface area contributed by atoms with Crippen LogP contribution < -0.4 is 0 Å². The van der Waals surface area contributed by atoms with Crippen molar-refractivity contribution in [1.82, 2.24) is 15.1 Å². The Morgan fingerprint density at radius 2 is 2.08 bits per heavy atom. The van der Waals surface area contributed by atoms with Gasteiger partial charge < -0.3 is 9.64 Å². The van der Waals surface area contributed by atoms with Crippen molar-refractivity contribution in [3.05, 3.63) is 52.6 Å². The van der Waals surface area contributed by atoms with Crippen LogP contribution in [0.25, 0.3) is 0 Å². The fraction of sp³-hybridized carbons (Fsp3) is 0.444. The van der Waals surface area contributed by atoms with Gasteiger partial charge in [0.05, 0.1) is 12.6 Å². The Bertz CT molecular complexity index is 756. The minimum Gasteiger partial charge on any atom is -0.367 e. The van der Waals surface area contributed by atoms with E-state index in [2.05, 4.69) is 10.2 Å². The molecule has 0 unspecified atom stereocenters. The molecule has 2 heterocycles. The third-order valence-corrected chi connectivity index (χ3v) is 4.80. The number of aromatic nitrogens is 2. The number of benzene rings is 1. The normalized spacial score (nSPS) is 23.3. The van der Waals surface area contributed by atoms with E-state index in [1.165, 1.54) is 12.1 Å². The van der Waals surface area contributed by atoms with Gasteiger partial charge in [0, 0.05) is 17.8 Å². The molecule has 0 bridgehead atoms. The first kappa shape index (κ1) is 15.3. The number of carbonyl (C=O) groups is 1. The van der Waals surface area contributed by atoms with Gasteiger partial charge in [-0.1, -0.05) is 12.1 Å². The number of nitrogens with zero attached hydrogens (tertiary/aromatic N) is 2. The number of amides is 1. The number of H-pyrrole nitrogens is 1. The van der Waals surface area contributed by atoms with Gasteiger partial charge in [-0.3, -0.25) is 9.89 Å². The number of carbonyl (C=O) groups excluding carboxylic acids is 1. The van der Waals surface area contributed by atoms with Gasteiger partial charge in [-0.15, -0.1) is 0 Å². The molecule has 5 nitrogen and oxygen atoms in total. The lowest BCUT2D eigenvalue weighted by molar-refractivity contribution is -0.0693. The van der Waals surface area contributed by atoms with Crippen LogP contribution in [0.5, 0.6) is 0 Å². The maximum absolute atomic E-state index is 13.1. The molecule has 1 aromatic carbocycles. The van der Waals surface area contributed by atoms with Crippen molar-refractivity contribution in [3.63, 3.8) is 0 Å². The number of hydrogen-bond acceptors (Lipinski definition) is 3. The third kappa shape index (κ3) is 2.71. The van der Waals surface area contributed by atoms with Gasteiger partial charge in [0.25, 0.3) is 5.91 Å². The molecule has 1 aromatic heterocycles. The van der Waals surface area contributed by atoms with E-state index in [1.54, 1.807) is 17.0 Å². The largest absolute Gasteiger partial charge is 0.367 e. The van der Waals surface area contributed by atoms with E-state index in [0.29, 0.717) is 18.8 Å². The van der Waals surface area contributed by atoms with Gasteiger partial charge in [0.15, 0.2) is 5.69 Å². The molecule has 4 rings (SSSR count). The van der Waals surface area contributed by atoms with Crippen LogP contribution in [0.4, 0.5) is 4.39 Å². The SMILES string of the molecule is C[C@H]1CN(C(=O)c2n[nH]c3c2CCC3)C[C@@H](c2ccc(F)cc2)O1. The summed E-state index contributed by atoms with van der Waals surface area (Å²) in [5.74, 6) is -0.320. The van der Waals surface area contributed by atoms with E-state index in [0.717, 1.165) is 36.1 Å². The molecule has 2 aliphatic rings. The number of ether oxygens (including phenoxy) is 1. The maximum atomic E-state index is 13.1. The summed E-state index contributed by atoms with van der Waals surface area (Å²) in [6.45, 7) is 2.94. The number of aryl methyl sites for hydroxylation is 1. The number of aromatic amines is 1. The molecule has 0 radical (unpaired) electrons. The number of fused-ring (bicyclic) bond motifs is 1. The fourth-order valence-electron chi connectivity index (χ4n) is 3.62. The summed E-state index contributed by atoms with van der Waals surface area (Å²) in [6, 6.07) is 6.27. The van der Waals surface area contributed by atoms with Crippen LogP contribution in [0.1, 0.15) is 46.8 Å². The molecule has 1 N–H and O–H groups in total. The first-order chi connectivity index (χ1) is 11.6. The fourth-order valence-corrected chi connectivity index (χ4v) is 3.62. The van der Waals surface area contributed by atoms with Gasteiger partial charge in [0.2, 0.25) is 0 Å². The van der Waals surface area contributed by atoms with Crippen molar-refractivity contribution in [2.75, 3.05) is 13.1 Å². The van der Waals surface area contributed by atoms with E-state index in [1.807, 2.05) is 6.92 Å². The zero-order valence-electron chi connectivity index (χ0n) is 13.6. The van der Waals surface area contributed by atoms with Crippen LogP contribution in [0.15, 0.2) is 24.3 Å². The Balaban J connectivity index is 1.56. The van der Waals surface area contributed by atoms with Crippen molar-refractivity contribution in [2.45, 2.75) is 38.4 Å². The molecule has 2 atom stereocenters. The maximum Gasteiger partial charge on any atom is 0.274 e. The minimum absolute atomic E-state index is 0.0448. The standard InChI is InChI=1S/C18H20FN3O2/c1-11-9-22(10-16(24-11)12-5-7-13(19)8-6-12)18(23)17-14-3-2-4-15(14)20-21-17/h5-8,11,16H,2-4,9-10H2,1H3,(H,20,21)/t11-,16-/m0/s1. The monoisotopic (exact) mass is 329 g/mol. The molecule has 1 aliphatic carbocycles. The van der Waals surface area contributed by atoms with Crippen molar-refractivity contribution < 1.29 is 13.9 Å². The number of nitrogens with one attached hydrogen (secondary N) is 1. The van der Waals surface area contributed by atoms with Gasteiger partial charge in [0.1, 0.15) is 11.9 Å². The highest BCUT2D eigenvalue weighted by Gasteiger charge is 2.33. The Labute approximate surface area is 139 Å². The summed E-state index contributed by atoms with van der Waals surface area (Å²) in [6.07, 6.45) is 2.62. The highest BCUT2D eigenvalue weighted by atomic mass is 19.1. The Morgan fingerprint density at radius 3 is 2.88 bits per heavy atom. The number of rotatable bonds is 2. The quantitative estimate of drug-likeness (QED) is 0.921. The summed E-state index contributed by atoms with van der Waals surface area (Å²) < 4.78 is 19.1. The number of halogens is 1. The molecule has 0 spiro atoms. The van der Waals surface area contributed by atoms with Crippen molar-refractivity contribution in [2.24, 2.45) is 0 Å². The Kier molecular flexibility index (Phi) is 3.84. The molecule has 1 saturated heterocycles. The van der Waals surface area contributed by atoms with Gasteiger partial charge in [-0.05, 0) is 43.9 Å². The molecule has 2 aromatic rings. The molecular formula is C18H20FN3O2. The molecule has 1 amide bonds. The smallest absolute Gasteiger partial charge is 0.274 e. The summed E-state index contributed by atoms with van der Waals surface area (Å²) >= 11 is 0. The summed E-state index contributed by atoms with van der Waals surface area (Å²) in [7, 11) is 0. The van der Waals surface area contributed by atoms with Crippen LogP contribution in [0, 0.1) is 5.82 Å². The Hall–Kier alpha value is -2.21. The van der Waals surface area contributed by atoms with Crippen LogP contribution in [-0.2, 0) is 17.6 Å². The van der Waals surface area contributed by atoms with E-state index in [-0.39, 0.29) is 23.9 Å². The van der Waals surface area contributed by atoms with E-state index in [9.17, 15) is 9.18 Å². The van der Waals surface area contributed by atoms with Crippen LogP contribution in [0.3, 0.4) is 0 Å². The topological polar surface area (TPSA) is 58.2 Å². The lowest BCUT2D eigenvalue weighted by atomic mass is 10.1. The highest BCUT2D eigenvalue weighted by Crippen LogP contribution is 2.28. The zero-order valence-corrected chi connectivity index (χ0v) is 13.6. The van der Waals surface area contributed by atoms with Crippen molar-refractivity contribution in [3.8, 4) is 0 Å². The van der Waals surface area contributed by atoms with Crippen LogP contribution in [-0.4, -0.2) is 40.2 Å².